The number of fused-ring (bicyclic) bond motifs is 1. The number of thioether (sulfide) groups is 1. The van der Waals surface area contributed by atoms with Gasteiger partial charge in [0, 0.05) is 13.0 Å². The average Bonchev–Trinajstić information content (AvgIpc) is 2.66. The van der Waals surface area contributed by atoms with Gasteiger partial charge in [-0.1, -0.05) is 26.1 Å². The van der Waals surface area contributed by atoms with Gasteiger partial charge < -0.3 is 4.90 Å². The van der Waals surface area contributed by atoms with Crippen molar-refractivity contribution in [3.8, 4) is 0 Å². The van der Waals surface area contributed by atoms with Crippen LogP contribution in [0.3, 0.4) is 0 Å². The number of hydrogen-bond acceptors (Lipinski definition) is 4. The molecule has 0 radical (unpaired) electrons. The lowest BCUT2D eigenvalue weighted by atomic mass is 10.1. The lowest BCUT2D eigenvalue weighted by Crippen LogP contribution is -3.20. The molecule has 22 heavy (non-hydrogen) atoms. The summed E-state index contributed by atoms with van der Waals surface area (Å²) in [4.78, 5) is 17.4. The molecule has 2 heterocycles. The number of nitrogens with zero attached hydrogens (tertiary/aromatic N) is 3. The van der Waals surface area contributed by atoms with E-state index in [1.54, 1.807) is 4.90 Å². The van der Waals surface area contributed by atoms with E-state index < -0.39 is 0 Å². The molecule has 0 aliphatic carbocycles. The topological polar surface area (TPSA) is 40.4 Å². The third-order valence-electron chi connectivity index (χ3n) is 4.71. The van der Waals surface area contributed by atoms with Crippen LogP contribution in [0.25, 0.3) is 0 Å². The predicted octanol–water partition coefficient (Wildman–Crippen LogP) is 1.65. The van der Waals surface area contributed by atoms with Crippen LogP contribution in [-0.2, 0) is 4.79 Å². The summed E-state index contributed by atoms with van der Waals surface area (Å²) in [5, 5.41) is 5.04. The van der Waals surface area contributed by atoms with Crippen LogP contribution in [0, 0.1) is 0 Å². The van der Waals surface area contributed by atoms with Crippen molar-refractivity contribution in [2.45, 2.75) is 65.5 Å². The van der Waals surface area contributed by atoms with Crippen molar-refractivity contribution in [2.24, 2.45) is 4.99 Å². The summed E-state index contributed by atoms with van der Waals surface area (Å²) in [5.41, 5.74) is 0. The normalized spacial score (nSPS) is 21.8. The highest BCUT2D eigenvalue weighted by molar-refractivity contribution is 8.33. The molecule has 1 amide bonds. The summed E-state index contributed by atoms with van der Waals surface area (Å²) in [6, 6.07) is 1.16. The lowest BCUT2D eigenvalue weighted by molar-refractivity contribution is -0.955. The van der Waals surface area contributed by atoms with Crippen molar-refractivity contribution in [1.29, 1.82) is 0 Å². The van der Waals surface area contributed by atoms with Crippen LogP contribution in [0.2, 0.25) is 0 Å². The van der Waals surface area contributed by atoms with Crippen LogP contribution in [0.4, 0.5) is 0 Å². The summed E-state index contributed by atoms with van der Waals surface area (Å²) in [5.74, 6) is -0.0253. The standard InChI is InChI=1S/C15H26N4OS2/c1-5-11(3)17(12(4)6-2)10-19-15(21)22-14-16-13(20)8-7-9-18(14)19/h11-12H,5-10H2,1-4H3/p+1/t11-,12-/m1/s1. The van der Waals surface area contributed by atoms with E-state index in [2.05, 4.69) is 42.7 Å². The largest absolute Gasteiger partial charge is 0.312 e. The van der Waals surface area contributed by atoms with Crippen molar-refractivity contribution in [3.05, 3.63) is 0 Å². The van der Waals surface area contributed by atoms with E-state index in [-0.39, 0.29) is 5.91 Å². The molecule has 2 aliphatic heterocycles. The molecule has 0 aromatic rings. The molecule has 1 fully saturated rings. The monoisotopic (exact) mass is 343 g/mol. The molecule has 2 aliphatic rings. The number of carbonyl (C=O) groups is 1. The second-order valence-electron chi connectivity index (χ2n) is 6.13. The molecule has 0 saturated carbocycles. The summed E-state index contributed by atoms with van der Waals surface area (Å²) < 4.78 is 0.817. The van der Waals surface area contributed by atoms with Crippen molar-refractivity contribution < 1.29 is 9.69 Å². The molecule has 2 rings (SSSR count). The van der Waals surface area contributed by atoms with Gasteiger partial charge >= 0.3 is 0 Å². The van der Waals surface area contributed by atoms with E-state index in [9.17, 15) is 4.79 Å². The van der Waals surface area contributed by atoms with Crippen LogP contribution in [0.15, 0.2) is 4.99 Å². The summed E-state index contributed by atoms with van der Waals surface area (Å²) >= 11 is 7.00. The van der Waals surface area contributed by atoms with E-state index in [1.165, 1.54) is 11.8 Å². The molecule has 2 atom stereocenters. The van der Waals surface area contributed by atoms with Gasteiger partial charge in [0.15, 0.2) is 16.2 Å². The zero-order valence-corrected chi connectivity index (χ0v) is 15.6. The van der Waals surface area contributed by atoms with Crippen LogP contribution >= 0.6 is 24.0 Å². The zero-order valence-electron chi connectivity index (χ0n) is 14.0. The molecule has 0 aromatic carbocycles. The minimum Gasteiger partial charge on any atom is -0.312 e. The smallest absolute Gasteiger partial charge is 0.248 e. The lowest BCUT2D eigenvalue weighted by Gasteiger charge is -2.37. The Morgan fingerprint density at radius 2 is 1.95 bits per heavy atom. The number of nitrogens with one attached hydrogen (secondary N) is 1. The Balaban J connectivity index is 2.17. The molecule has 124 valence electrons. The maximum absolute atomic E-state index is 11.7. The number of amides is 1. The first-order chi connectivity index (χ1) is 10.5. The van der Waals surface area contributed by atoms with Crippen molar-refractivity contribution in [2.75, 3.05) is 13.2 Å². The molecule has 5 nitrogen and oxygen atoms in total. The van der Waals surface area contributed by atoms with Gasteiger partial charge in [-0.2, -0.15) is 4.99 Å². The molecule has 7 heteroatoms. The Kier molecular flexibility index (Phi) is 6.23. The molecular weight excluding hydrogens is 316 g/mol. The first-order valence-corrected chi connectivity index (χ1v) is 9.44. The molecule has 1 N–H and O–H groups in total. The van der Waals surface area contributed by atoms with E-state index in [0.717, 1.165) is 42.0 Å². The number of quaternary nitrogens is 1. The Labute approximate surface area is 143 Å². The highest BCUT2D eigenvalue weighted by atomic mass is 32.2. The van der Waals surface area contributed by atoms with E-state index in [0.29, 0.717) is 18.5 Å². The highest BCUT2D eigenvalue weighted by Gasteiger charge is 2.37. The second-order valence-corrected chi connectivity index (χ2v) is 7.74. The number of aliphatic imine (C=N–C) groups is 1. The van der Waals surface area contributed by atoms with Gasteiger partial charge in [-0.25, -0.2) is 5.01 Å². The van der Waals surface area contributed by atoms with E-state index in [1.807, 2.05) is 0 Å². The van der Waals surface area contributed by atoms with Crippen molar-refractivity contribution in [3.63, 3.8) is 0 Å². The Morgan fingerprint density at radius 3 is 2.55 bits per heavy atom. The quantitative estimate of drug-likeness (QED) is 0.743. The average molecular weight is 344 g/mol. The summed E-state index contributed by atoms with van der Waals surface area (Å²) in [6.45, 7) is 10.8. The molecule has 0 bridgehead atoms. The van der Waals surface area contributed by atoms with E-state index in [4.69, 9.17) is 12.2 Å². The third kappa shape index (κ3) is 3.81. The summed E-state index contributed by atoms with van der Waals surface area (Å²) in [7, 11) is 0. The highest BCUT2D eigenvalue weighted by Crippen LogP contribution is 2.27. The maximum Gasteiger partial charge on any atom is 0.248 e. The van der Waals surface area contributed by atoms with Crippen LogP contribution < -0.4 is 4.90 Å². The second kappa shape index (κ2) is 7.75. The molecule has 0 aromatic heterocycles. The SMILES string of the molecule is CC[C@@H](C)[NH+](CN1C(=S)SC2=NC(=O)CCCN21)[C@H](C)CC. The summed E-state index contributed by atoms with van der Waals surface area (Å²) in [6.07, 6.45) is 3.67. The van der Waals surface area contributed by atoms with Gasteiger partial charge in [-0.05, 0) is 44.9 Å². The fourth-order valence-corrected chi connectivity index (χ4v) is 4.12. The number of thiocarbonyl (C=S) groups is 1. The number of hydrogen-bond donors (Lipinski definition) is 1. The van der Waals surface area contributed by atoms with Gasteiger partial charge in [0.05, 0.1) is 12.1 Å². The minimum absolute atomic E-state index is 0.0253. The fraction of sp³-hybridized carbons (Fsp3) is 0.800. The number of rotatable bonds is 6. The number of carbonyl (C=O) groups excluding carboxylic acids is 1. The predicted molar refractivity (Wildman–Crippen MR) is 95.7 cm³/mol. The Bertz CT molecular complexity index is 458. The fourth-order valence-electron chi connectivity index (χ4n) is 2.87. The van der Waals surface area contributed by atoms with Gasteiger partial charge in [0.2, 0.25) is 5.91 Å². The van der Waals surface area contributed by atoms with Crippen molar-refractivity contribution >= 4 is 39.4 Å². The third-order valence-corrected chi connectivity index (χ3v) is 6.04. The van der Waals surface area contributed by atoms with Gasteiger partial charge in [-0.3, -0.25) is 9.80 Å². The first kappa shape index (κ1) is 17.7. The van der Waals surface area contributed by atoms with Crippen LogP contribution in [-0.4, -0.2) is 50.7 Å². The number of amidine groups is 1. The van der Waals surface area contributed by atoms with E-state index >= 15 is 0 Å². The molecular formula is C15H27N4OS2+. The van der Waals surface area contributed by atoms with Crippen LogP contribution in [0.5, 0.6) is 0 Å². The maximum atomic E-state index is 11.7. The first-order valence-electron chi connectivity index (χ1n) is 8.21. The van der Waals surface area contributed by atoms with Crippen LogP contribution in [0.1, 0.15) is 53.4 Å². The van der Waals surface area contributed by atoms with Gasteiger partial charge in [0.25, 0.3) is 0 Å². The zero-order chi connectivity index (χ0) is 16.3. The van der Waals surface area contributed by atoms with Crippen molar-refractivity contribution in [1.82, 2.24) is 10.0 Å². The molecule has 1 saturated heterocycles. The Morgan fingerprint density at radius 1 is 1.32 bits per heavy atom. The molecule has 0 unspecified atom stereocenters. The number of hydrazine groups is 1. The van der Waals surface area contributed by atoms with Gasteiger partial charge in [-0.15, -0.1) is 0 Å². The van der Waals surface area contributed by atoms with Gasteiger partial charge in [0.1, 0.15) is 0 Å². The molecule has 0 spiro atoms. The minimum atomic E-state index is -0.0253. The Hall–Kier alpha value is -0.660.